The summed E-state index contributed by atoms with van der Waals surface area (Å²) in [4.78, 5) is 117. The first kappa shape index (κ1) is 59.3. The molecule has 0 spiro atoms. The summed E-state index contributed by atoms with van der Waals surface area (Å²) in [5, 5.41) is 18.7. The molecular formula is C44H83N15O8. The zero-order chi connectivity index (χ0) is 50.3. The molecule has 0 aliphatic carbocycles. The van der Waals surface area contributed by atoms with Crippen molar-refractivity contribution in [3.8, 4) is 0 Å². The number of carbonyl (C=O) groups is 8. The molecule has 23 heteroatoms. The van der Waals surface area contributed by atoms with Gasteiger partial charge in [-0.2, -0.15) is 0 Å². The SMILES string of the molecule is CC(C)C[C@@H]1NC(=O)[C@@H](CC(C)C)NC(=O)C(NC(=O)CCCCCCCCCCCN=C(N)N)CNC(=O)[C@@H](CCCN=C(N)N)NC(=O)[C@@H](CC(N)=O)NC(=O)[C@@H](CCCCN)NC1=O. The quantitative estimate of drug-likeness (QED) is 0.0250. The Kier molecular flexibility index (Phi) is 29.8. The number of nitrogens with two attached hydrogens (primary N) is 6. The molecule has 1 unspecified atom stereocenters. The van der Waals surface area contributed by atoms with Crippen molar-refractivity contribution in [1.82, 2.24) is 37.2 Å². The molecule has 1 rings (SSSR count). The van der Waals surface area contributed by atoms with Crippen molar-refractivity contribution in [3.63, 3.8) is 0 Å². The largest absolute Gasteiger partial charge is 0.370 e. The van der Waals surface area contributed by atoms with E-state index in [9.17, 15) is 38.4 Å². The van der Waals surface area contributed by atoms with Crippen molar-refractivity contribution >= 4 is 59.2 Å². The molecule has 0 saturated carbocycles. The molecule has 1 saturated heterocycles. The van der Waals surface area contributed by atoms with Gasteiger partial charge < -0.3 is 71.6 Å². The molecule has 1 aliphatic rings. The number of nitrogens with one attached hydrogen (secondary N) is 7. The molecule has 0 aromatic rings. The van der Waals surface area contributed by atoms with Crippen LogP contribution in [0.4, 0.5) is 0 Å². The zero-order valence-corrected chi connectivity index (χ0v) is 40.3. The number of amides is 8. The summed E-state index contributed by atoms with van der Waals surface area (Å²) in [6, 6.07) is -7.86. The van der Waals surface area contributed by atoms with E-state index >= 15 is 0 Å². The summed E-state index contributed by atoms with van der Waals surface area (Å²) in [6.07, 6.45) is 9.25. The third-order valence-electron chi connectivity index (χ3n) is 10.9. The van der Waals surface area contributed by atoms with Crippen molar-refractivity contribution in [1.29, 1.82) is 0 Å². The second-order valence-corrected chi connectivity index (χ2v) is 18.1. The topological polar surface area (TPSA) is 402 Å². The fourth-order valence-corrected chi connectivity index (χ4v) is 7.36. The summed E-state index contributed by atoms with van der Waals surface area (Å²) >= 11 is 0. The maximum Gasteiger partial charge on any atom is 0.245 e. The van der Waals surface area contributed by atoms with Crippen LogP contribution >= 0.6 is 0 Å². The minimum Gasteiger partial charge on any atom is -0.370 e. The van der Waals surface area contributed by atoms with Crippen LogP contribution in [0.2, 0.25) is 0 Å². The number of primary amides is 1. The van der Waals surface area contributed by atoms with E-state index in [1.807, 2.05) is 27.7 Å². The van der Waals surface area contributed by atoms with E-state index < -0.39 is 96.5 Å². The minimum absolute atomic E-state index is 0.0418. The molecule has 6 atom stereocenters. The highest BCUT2D eigenvalue weighted by molar-refractivity contribution is 5.98. The van der Waals surface area contributed by atoms with Crippen molar-refractivity contribution in [2.75, 3.05) is 26.2 Å². The Bertz CT molecular complexity index is 1640. The Morgan fingerprint density at radius 1 is 0.537 bits per heavy atom. The van der Waals surface area contributed by atoms with Crippen LogP contribution in [0.5, 0.6) is 0 Å². The van der Waals surface area contributed by atoms with Crippen LogP contribution in [0.15, 0.2) is 9.98 Å². The number of hydrogen-bond donors (Lipinski definition) is 13. The fourth-order valence-electron chi connectivity index (χ4n) is 7.36. The third kappa shape index (κ3) is 27.5. The predicted octanol–water partition coefficient (Wildman–Crippen LogP) is -1.65. The van der Waals surface area contributed by atoms with E-state index in [1.165, 1.54) is 0 Å². The third-order valence-corrected chi connectivity index (χ3v) is 10.9. The van der Waals surface area contributed by atoms with Gasteiger partial charge >= 0.3 is 0 Å². The number of nitrogens with zero attached hydrogens (tertiary/aromatic N) is 2. The summed E-state index contributed by atoms with van der Waals surface area (Å²) in [5.74, 6) is -6.43. The maximum atomic E-state index is 14.1. The Morgan fingerprint density at radius 3 is 1.46 bits per heavy atom. The van der Waals surface area contributed by atoms with Crippen LogP contribution in [-0.4, -0.2) is 122 Å². The predicted molar refractivity (Wildman–Crippen MR) is 257 cm³/mol. The number of rotatable bonds is 27. The second kappa shape index (κ2) is 33.7. The maximum absolute atomic E-state index is 14.1. The van der Waals surface area contributed by atoms with Crippen LogP contribution in [0.1, 0.15) is 143 Å². The molecule has 0 radical (unpaired) electrons. The van der Waals surface area contributed by atoms with Crippen molar-refractivity contribution in [3.05, 3.63) is 0 Å². The van der Waals surface area contributed by atoms with Gasteiger partial charge in [-0.05, 0) is 76.2 Å². The van der Waals surface area contributed by atoms with Crippen molar-refractivity contribution in [2.24, 2.45) is 56.2 Å². The van der Waals surface area contributed by atoms with E-state index in [0.717, 1.165) is 51.4 Å². The summed E-state index contributed by atoms with van der Waals surface area (Å²) in [5.41, 5.74) is 32.9. The van der Waals surface area contributed by atoms with Gasteiger partial charge in [-0.1, -0.05) is 72.6 Å². The zero-order valence-electron chi connectivity index (χ0n) is 40.3. The number of aliphatic imine (C=N–C) groups is 2. The normalized spacial score (nSPS) is 21.3. The van der Waals surface area contributed by atoms with E-state index in [-0.39, 0.29) is 68.8 Å². The molecule has 67 heavy (non-hydrogen) atoms. The Hall–Kier alpha value is -5.74. The van der Waals surface area contributed by atoms with Gasteiger partial charge in [0.05, 0.1) is 6.42 Å². The molecule has 19 N–H and O–H groups in total. The Morgan fingerprint density at radius 2 is 0.955 bits per heavy atom. The Balaban J connectivity index is 3.53. The molecule has 23 nitrogen and oxygen atoms in total. The molecule has 1 heterocycles. The molecule has 1 fully saturated rings. The highest BCUT2D eigenvalue weighted by Crippen LogP contribution is 2.13. The standard InChI is InChI=1S/C44H83N15O8/c1-27(2)23-31-39(64)56-30(17-13-14-20-45)38(63)59-33(25-35(46)60)41(66)55-29(18-16-22-52-44(49)50)37(62)53-26-34(42(67)58-32(24-28(3)4)40(65)57-31)54-36(61)19-12-10-8-6-5-7-9-11-15-21-51-43(47)48/h27-34H,5-26,45H2,1-4H3,(H2,46,60)(H,53,62)(H,54,61)(H,55,66)(H,56,64)(H,57,65)(H,58,67)(H,59,63)(H4,47,48,51)(H4,49,50,52)/t29-,30-,31+,32-,33-,34?/m1/s1. The van der Waals surface area contributed by atoms with E-state index in [2.05, 4.69) is 47.2 Å². The highest BCUT2D eigenvalue weighted by atomic mass is 16.2. The number of unbranched alkanes of at least 4 members (excludes halogenated alkanes) is 9. The molecule has 0 aromatic carbocycles. The summed E-state index contributed by atoms with van der Waals surface area (Å²) in [6.45, 7) is 7.92. The van der Waals surface area contributed by atoms with E-state index in [1.54, 1.807) is 0 Å². The molecule has 1 aliphatic heterocycles. The van der Waals surface area contributed by atoms with Crippen molar-refractivity contribution in [2.45, 2.75) is 180 Å². The lowest BCUT2D eigenvalue weighted by Gasteiger charge is -2.28. The number of carbonyl (C=O) groups excluding carboxylic acids is 8. The van der Waals surface area contributed by atoms with Gasteiger partial charge in [0.1, 0.15) is 36.3 Å². The van der Waals surface area contributed by atoms with Gasteiger partial charge in [0.2, 0.25) is 47.3 Å². The molecule has 0 aromatic heterocycles. The lowest BCUT2D eigenvalue weighted by atomic mass is 9.99. The van der Waals surface area contributed by atoms with E-state index in [0.29, 0.717) is 32.4 Å². The minimum atomic E-state index is -1.58. The first-order valence-electron chi connectivity index (χ1n) is 23.9. The Labute approximate surface area is 395 Å². The smallest absolute Gasteiger partial charge is 0.245 e. The first-order chi connectivity index (χ1) is 31.7. The summed E-state index contributed by atoms with van der Waals surface area (Å²) < 4.78 is 0. The van der Waals surface area contributed by atoms with Crippen molar-refractivity contribution < 1.29 is 38.4 Å². The van der Waals surface area contributed by atoms with Crippen LogP contribution < -0.4 is 71.6 Å². The second-order valence-electron chi connectivity index (χ2n) is 18.1. The number of hydrogen-bond acceptors (Lipinski definition) is 11. The van der Waals surface area contributed by atoms with Gasteiger partial charge in [0.15, 0.2) is 11.9 Å². The first-order valence-corrected chi connectivity index (χ1v) is 23.9. The average molecular weight is 950 g/mol. The highest BCUT2D eigenvalue weighted by Gasteiger charge is 2.35. The van der Waals surface area contributed by atoms with Crippen LogP contribution in [-0.2, 0) is 38.4 Å². The van der Waals surface area contributed by atoms with Gasteiger partial charge in [-0.3, -0.25) is 48.3 Å². The summed E-state index contributed by atoms with van der Waals surface area (Å²) in [7, 11) is 0. The van der Waals surface area contributed by atoms with E-state index in [4.69, 9.17) is 34.4 Å². The fraction of sp³-hybridized carbons (Fsp3) is 0.773. The van der Waals surface area contributed by atoms with Gasteiger partial charge in [-0.25, -0.2) is 0 Å². The van der Waals surface area contributed by atoms with Crippen LogP contribution in [0, 0.1) is 11.8 Å². The molecule has 8 amide bonds. The monoisotopic (exact) mass is 950 g/mol. The van der Waals surface area contributed by atoms with Crippen LogP contribution in [0.3, 0.4) is 0 Å². The van der Waals surface area contributed by atoms with Crippen LogP contribution in [0.25, 0.3) is 0 Å². The van der Waals surface area contributed by atoms with Gasteiger partial charge in [-0.15, -0.1) is 0 Å². The lowest BCUT2D eigenvalue weighted by molar-refractivity contribution is -0.136. The van der Waals surface area contributed by atoms with Gasteiger partial charge in [0.25, 0.3) is 0 Å². The van der Waals surface area contributed by atoms with Gasteiger partial charge in [0, 0.05) is 26.1 Å². The molecule has 0 bridgehead atoms. The average Bonchev–Trinajstić information content (AvgIpc) is 3.24. The number of guanidine groups is 2. The molecular weight excluding hydrogens is 867 g/mol. The lowest BCUT2D eigenvalue weighted by Crippen LogP contribution is -2.60. The molecule has 382 valence electrons.